The first-order valence-corrected chi connectivity index (χ1v) is 6.83. The Morgan fingerprint density at radius 3 is 2.75 bits per heavy atom. The van der Waals surface area contributed by atoms with Gasteiger partial charge in [-0.3, -0.25) is 4.79 Å². The molecular weight excluding hydrogens is 272 g/mol. The number of anilines is 1. The molecule has 0 aliphatic heterocycles. The van der Waals surface area contributed by atoms with Gasteiger partial charge in [-0.05, 0) is 37.1 Å². The Morgan fingerprint density at radius 2 is 2.05 bits per heavy atom. The standard InChI is InChI=1S/C16H17ClN2O/c1-11-3-2-4-12(9-11)7-8-19-16(20)14-6-5-13(17)10-15(14)18/h2-6,9-10H,7-8,18H2,1H3,(H,19,20). The molecular formula is C16H17ClN2O. The van der Waals surface area contributed by atoms with Crippen molar-refractivity contribution in [1.82, 2.24) is 5.32 Å². The van der Waals surface area contributed by atoms with Crippen LogP contribution in [0, 0.1) is 6.92 Å². The highest BCUT2D eigenvalue weighted by atomic mass is 35.5. The van der Waals surface area contributed by atoms with Gasteiger partial charge in [-0.2, -0.15) is 0 Å². The lowest BCUT2D eigenvalue weighted by Crippen LogP contribution is -2.26. The molecule has 2 aromatic rings. The minimum absolute atomic E-state index is 0.174. The van der Waals surface area contributed by atoms with E-state index in [9.17, 15) is 4.79 Å². The Bertz CT molecular complexity index is 626. The van der Waals surface area contributed by atoms with Crippen LogP contribution in [0.25, 0.3) is 0 Å². The first kappa shape index (κ1) is 14.4. The van der Waals surface area contributed by atoms with Crippen LogP contribution in [0.3, 0.4) is 0 Å². The number of aryl methyl sites for hydroxylation is 1. The van der Waals surface area contributed by atoms with Crippen molar-refractivity contribution >= 4 is 23.2 Å². The molecule has 0 saturated carbocycles. The zero-order valence-corrected chi connectivity index (χ0v) is 12.1. The van der Waals surface area contributed by atoms with E-state index in [1.807, 2.05) is 6.07 Å². The van der Waals surface area contributed by atoms with Crippen LogP contribution in [0.4, 0.5) is 5.69 Å². The Balaban J connectivity index is 1.92. The average Bonchev–Trinajstić information content (AvgIpc) is 2.38. The van der Waals surface area contributed by atoms with Crippen molar-refractivity contribution in [3.05, 3.63) is 64.2 Å². The van der Waals surface area contributed by atoms with Crippen molar-refractivity contribution in [3.8, 4) is 0 Å². The molecule has 0 atom stereocenters. The van der Waals surface area contributed by atoms with E-state index in [0.717, 1.165) is 6.42 Å². The van der Waals surface area contributed by atoms with Gasteiger partial charge >= 0.3 is 0 Å². The second-order valence-corrected chi connectivity index (χ2v) is 5.16. The summed E-state index contributed by atoms with van der Waals surface area (Å²) in [6.07, 6.45) is 0.793. The van der Waals surface area contributed by atoms with Gasteiger partial charge in [0.25, 0.3) is 5.91 Å². The number of nitrogens with one attached hydrogen (secondary N) is 1. The third-order valence-corrected chi connectivity index (χ3v) is 3.28. The summed E-state index contributed by atoms with van der Waals surface area (Å²) in [5.74, 6) is -0.174. The topological polar surface area (TPSA) is 55.1 Å². The van der Waals surface area contributed by atoms with E-state index >= 15 is 0 Å². The lowest BCUT2D eigenvalue weighted by atomic mass is 10.1. The number of hydrogen-bond acceptors (Lipinski definition) is 2. The SMILES string of the molecule is Cc1cccc(CCNC(=O)c2ccc(Cl)cc2N)c1. The van der Waals surface area contributed by atoms with Crippen LogP contribution in [0.15, 0.2) is 42.5 Å². The van der Waals surface area contributed by atoms with Crippen LogP contribution in [-0.2, 0) is 6.42 Å². The molecule has 0 spiro atoms. The normalized spacial score (nSPS) is 10.3. The van der Waals surface area contributed by atoms with Gasteiger partial charge < -0.3 is 11.1 Å². The third-order valence-electron chi connectivity index (χ3n) is 3.04. The maximum Gasteiger partial charge on any atom is 0.253 e. The molecule has 0 radical (unpaired) electrons. The fourth-order valence-corrected chi connectivity index (χ4v) is 2.20. The van der Waals surface area contributed by atoms with Gasteiger partial charge in [0.1, 0.15) is 0 Å². The van der Waals surface area contributed by atoms with E-state index in [4.69, 9.17) is 17.3 Å². The van der Waals surface area contributed by atoms with Crippen molar-refractivity contribution in [2.75, 3.05) is 12.3 Å². The van der Waals surface area contributed by atoms with Crippen LogP contribution in [-0.4, -0.2) is 12.5 Å². The van der Waals surface area contributed by atoms with Gasteiger partial charge in [0.05, 0.1) is 5.56 Å². The molecule has 0 aliphatic rings. The number of carbonyl (C=O) groups is 1. The number of benzene rings is 2. The molecule has 0 aromatic heterocycles. The minimum atomic E-state index is -0.174. The molecule has 1 amide bonds. The summed E-state index contributed by atoms with van der Waals surface area (Å²) in [4.78, 5) is 12.0. The number of carbonyl (C=O) groups excluding carboxylic acids is 1. The summed E-state index contributed by atoms with van der Waals surface area (Å²) in [7, 11) is 0. The van der Waals surface area contributed by atoms with E-state index in [1.165, 1.54) is 11.1 Å². The van der Waals surface area contributed by atoms with Gasteiger partial charge in [0.2, 0.25) is 0 Å². The quantitative estimate of drug-likeness (QED) is 0.849. The molecule has 0 unspecified atom stereocenters. The maximum atomic E-state index is 12.0. The molecule has 104 valence electrons. The van der Waals surface area contributed by atoms with E-state index < -0.39 is 0 Å². The van der Waals surface area contributed by atoms with Crippen LogP contribution < -0.4 is 11.1 Å². The number of nitrogen functional groups attached to an aromatic ring is 1. The van der Waals surface area contributed by atoms with Crippen LogP contribution in [0.5, 0.6) is 0 Å². The van der Waals surface area contributed by atoms with E-state index in [2.05, 4.69) is 30.4 Å². The average molecular weight is 289 g/mol. The fourth-order valence-electron chi connectivity index (χ4n) is 2.02. The monoisotopic (exact) mass is 288 g/mol. The van der Waals surface area contributed by atoms with Crippen molar-refractivity contribution in [3.63, 3.8) is 0 Å². The summed E-state index contributed by atoms with van der Waals surface area (Å²) in [5.41, 5.74) is 9.05. The number of hydrogen-bond donors (Lipinski definition) is 2. The number of halogens is 1. The molecule has 2 aromatic carbocycles. The molecule has 0 aliphatic carbocycles. The lowest BCUT2D eigenvalue weighted by Gasteiger charge is -2.08. The zero-order chi connectivity index (χ0) is 14.5. The molecule has 0 saturated heterocycles. The molecule has 4 heteroatoms. The number of amides is 1. The fraction of sp³-hybridized carbons (Fsp3) is 0.188. The number of nitrogens with two attached hydrogens (primary N) is 1. The molecule has 3 N–H and O–H groups in total. The highest BCUT2D eigenvalue weighted by molar-refractivity contribution is 6.31. The Morgan fingerprint density at radius 1 is 1.25 bits per heavy atom. The Labute approximate surface area is 123 Å². The number of rotatable bonds is 4. The van der Waals surface area contributed by atoms with Crippen molar-refractivity contribution in [2.45, 2.75) is 13.3 Å². The predicted molar refractivity (Wildman–Crippen MR) is 83.1 cm³/mol. The van der Waals surface area contributed by atoms with Crippen LogP contribution >= 0.6 is 11.6 Å². The second-order valence-electron chi connectivity index (χ2n) is 4.73. The predicted octanol–water partition coefficient (Wildman–Crippen LogP) is 3.20. The molecule has 0 heterocycles. The molecule has 0 bridgehead atoms. The van der Waals surface area contributed by atoms with Gasteiger partial charge in [-0.25, -0.2) is 0 Å². The first-order chi connectivity index (χ1) is 9.56. The van der Waals surface area contributed by atoms with Crippen molar-refractivity contribution < 1.29 is 4.79 Å². The van der Waals surface area contributed by atoms with E-state index in [-0.39, 0.29) is 5.91 Å². The molecule has 3 nitrogen and oxygen atoms in total. The maximum absolute atomic E-state index is 12.0. The summed E-state index contributed by atoms with van der Waals surface area (Å²) >= 11 is 5.81. The highest BCUT2D eigenvalue weighted by Crippen LogP contribution is 2.17. The summed E-state index contributed by atoms with van der Waals surface area (Å²) < 4.78 is 0. The molecule has 2 rings (SSSR count). The Kier molecular flexibility index (Phi) is 4.64. The van der Waals surface area contributed by atoms with Gasteiger partial charge in [0.15, 0.2) is 0 Å². The zero-order valence-electron chi connectivity index (χ0n) is 11.3. The van der Waals surface area contributed by atoms with Gasteiger partial charge in [-0.15, -0.1) is 0 Å². The minimum Gasteiger partial charge on any atom is -0.398 e. The van der Waals surface area contributed by atoms with E-state index in [0.29, 0.717) is 22.8 Å². The second kappa shape index (κ2) is 6.44. The molecule has 0 fully saturated rings. The largest absolute Gasteiger partial charge is 0.398 e. The van der Waals surface area contributed by atoms with Crippen molar-refractivity contribution in [2.24, 2.45) is 0 Å². The summed E-state index contributed by atoms with van der Waals surface area (Å²) in [6, 6.07) is 13.1. The first-order valence-electron chi connectivity index (χ1n) is 6.45. The molecule has 20 heavy (non-hydrogen) atoms. The van der Waals surface area contributed by atoms with Gasteiger partial charge in [-0.1, -0.05) is 41.4 Å². The summed E-state index contributed by atoms with van der Waals surface area (Å²) in [6.45, 7) is 2.63. The smallest absolute Gasteiger partial charge is 0.253 e. The van der Waals surface area contributed by atoms with Gasteiger partial charge in [0, 0.05) is 17.3 Å². The van der Waals surface area contributed by atoms with Crippen LogP contribution in [0.2, 0.25) is 5.02 Å². The van der Waals surface area contributed by atoms with Crippen LogP contribution in [0.1, 0.15) is 21.5 Å². The summed E-state index contributed by atoms with van der Waals surface area (Å²) in [5, 5.41) is 3.39. The third kappa shape index (κ3) is 3.75. The van der Waals surface area contributed by atoms with Crippen molar-refractivity contribution in [1.29, 1.82) is 0 Å². The van der Waals surface area contributed by atoms with E-state index in [1.54, 1.807) is 18.2 Å². The highest BCUT2D eigenvalue weighted by Gasteiger charge is 2.09. The Hall–Kier alpha value is -2.00. The lowest BCUT2D eigenvalue weighted by molar-refractivity contribution is 0.0955.